The van der Waals surface area contributed by atoms with Crippen LogP contribution in [0.1, 0.15) is 16.1 Å². The van der Waals surface area contributed by atoms with E-state index in [-0.39, 0.29) is 22.9 Å². The van der Waals surface area contributed by atoms with Crippen LogP contribution in [0, 0.1) is 0 Å². The molecule has 6 nitrogen and oxygen atoms in total. The Balaban J connectivity index is 1.55. The summed E-state index contributed by atoms with van der Waals surface area (Å²) in [6, 6.07) is 22.6. The summed E-state index contributed by atoms with van der Waals surface area (Å²) in [5.41, 5.74) is 0.913. The summed E-state index contributed by atoms with van der Waals surface area (Å²) in [6.07, 6.45) is 1.47. The Kier molecular flexibility index (Phi) is 5.16. The van der Waals surface area contributed by atoms with E-state index in [1.54, 1.807) is 24.3 Å². The summed E-state index contributed by atoms with van der Waals surface area (Å²) < 4.78 is 32.7. The number of rotatable bonds is 6. The minimum atomic E-state index is -3.79. The third-order valence-electron chi connectivity index (χ3n) is 4.46. The molecule has 0 saturated carbocycles. The number of hydrogen-bond acceptors (Lipinski definition) is 4. The van der Waals surface area contributed by atoms with Crippen molar-refractivity contribution >= 4 is 32.4 Å². The molecule has 29 heavy (non-hydrogen) atoms. The van der Waals surface area contributed by atoms with Crippen molar-refractivity contribution in [2.24, 2.45) is 0 Å². The monoisotopic (exact) mass is 406 g/mol. The maximum Gasteiger partial charge on any atom is 0.255 e. The molecule has 1 amide bonds. The molecular formula is C22H18N2O4S. The Labute approximate surface area is 168 Å². The molecule has 3 aromatic carbocycles. The van der Waals surface area contributed by atoms with Gasteiger partial charge in [-0.2, -0.15) is 0 Å². The van der Waals surface area contributed by atoms with E-state index in [4.69, 9.17) is 4.42 Å². The van der Waals surface area contributed by atoms with Crippen LogP contribution in [-0.2, 0) is 16.6 Å². The van der Waals surface area contributed by atoms with Crippen LogP contribution in [0.15, 0.2) is 94.4 Å². The minimum absolute atomic E-state index is 0.00891. The van der Waals surface area contributed by atoms with Gasteiger partial charge < -0.3 is 9.73 Å². The van der Waals surface area contributed by atoms with Crippen LogP contribution < -0.4 is 10.0 Å². The van der Waals surface area contributed by atoms with Crippen LogP contribution in [0.3, 0.4) is 0 Å². The average Bonchev–Trinajstić information content (AvgIpc) is 3.26. The number of amides is 1. The molecule has 0 aliphatic heterocycles. The molecule has 0 unspecified atom stereocenters. The fraction of sp³-hybridized carbons (Fsp3) is 0.0455. The van der Waals surface area contributed by atoms with Gasteiger partial charge in [0.1, 0.15) is 5.76 Å². The van der Waals surface area contributed by atoms with Crippen molar-refractivity contribution in [1.29, 1.82) is 0 Å². The molecule has 7 heteroatoms. The fourth-order valence-electron chi connectivity index (χ4n) is 3.00. The Hall–Kier alpha value is -3.42. The highest BCUT2D eigenvalue weighted by atomic mass is 32.2. The summed E-state index contributed by atoms with van der Waals surface area (Å²) in [5, 5.41) is 4.78. The molecule has 0 saturated heterocycles. The first-order valence-corrected chi connectivity index (χ1v) is 10.4. The highest BCUT2D eigenvalue weighted by Gasteiger charge is 2.17. The lowest BCUT2D eigenvalue weighted by atomic mass is 10.1. The molecule has 0 spiro atoms. The van der Waals surface area contributed by atoms with Crippen molar-refractivity contribution in [2.45, 2.75) is 11.4 Å². The quantitative estimate of drug-likeness (QED) is 0.503. The molecular weight excluding hydrogens is 388 g/mol. The van der Waals surface area contributed by atoms with Gasteiger partial charge in [-0.05, 0) is 41.8 Å². The molecule has 4 rings (SSSR count). The van der Waals surface area contributed by atoms with Crippen molar-refractivity contribution in [2.75, 3.05) is 5.32 Å². The van der Waals surface area contributed by atoms with Crippen LogP contribution in [0.5, 0.6) is 0 Å². The van der Waals surface area contributed by atoms with E-state index >= 15 is 0 Å². The van der Waals surface area contributed by atoms with Gasteiger partial charge in [0.15, 0.2) is 0 Å². The van der Waals surface area contributed by atoms with E-state index in [2.05, 4.69) is 10.0 Å². The van der Waals surface area contributed by atoms with Gasteiger partial charge in [-0.1, -0.05) is 42.5 Å². The number of furan rings is 1. The largest absolute Gasteiger partial charge is 0.468 e. The maximum atomic E-state index is 12.7. The van der Waals surface area contributed by atoms with Crippen LogP contribution in [0.2, 0.25) is 0 Å². The highest BCUT2D eigenvalue weighted by molar-refractivity contribution is 7.89. The highest BCUT2D eigenvalue weighted by Crippen LogP contribution is 2.24. The maximum absolute atomic E-state index is 12.7. The second kappa shape index (κ2) is 7.90. The first-order valence-electron chi connectivity index (χ1n) is 8.94. The second-order valence-electron chi connectivity index (χ2n) is 6.41. The van der Waals surface area contributed by atoms with E-state index in [0.717, 1.165) is 10.8 Å². The minimum Gasteiger partial charge on any atom is -0.468 e. The fourth-order valence-corrected chi connectivity index (χ4v) is 4.03. The molecule has 0 aliphatic rings. The van der Waals surface area contributed by atoms with Gasteiger partial charge in [0.2, 0.25) is 10.0 Å². The van der Waals surface area contributed by atoms with Crippen molar-refractivity contribution in [1.82, 2.24) is 4.72 Å². The lowest BCUT2D eigenvalue weighted by molar-refractivity contribution is 0.102. The number of carbonyl (C=O) groups excluding carboxylic acids is 1. The molecule has 1 heterocycles. The molecule has 146 valence electrons. The zero-order valence-corrected chi connectivity index (χ0v) is 16.1. The van der Waals surface area contributed by atoms with Gasteiger partial charge in [0.05, 0.1) is 17.7 Å². The molecule has 1 aromatic heterocycles. The van der Waals surface area contributed by atoms with Crippen LogP contribution in [0.4, 0.5) is 5.69 Å². The van der Waals surface area contributed by atoms with Gasteiger partial charge >= 0.3 is 0 Å². The summed E-state index contributed by atoms with van der Waals surface area (Å²) in [5.74, 6) is 0.114. The molecule has 0 atom stereocenters. The lowest BCUT2D eigenvalue weighted by Crippen LogP contribution is -2.23. The normalized spacial score (nSPS) is 11.4. The number of anilines is 1. The van der Waals surface area contributed by atoms with E-state index < -0.39 is 10.0 Å². The van der Waals surface area contributed by atoms with Crippen LogP contribution >= 0.6 is 0 Å². The Bertz CT molecular complexity index is 1260. The number of sulfonamides is 1. The second-order valence-corrected chi connectivity index (χ2v) is 8.18. The number of carbonyl (C=O) groups is 1. The Morgan fingerprint density at radius 2 is 1.69 bits per heavy atom. The summed E-state index contributed by atoms with van der Waals surface area (Å²) >= 11 is 0. The van der Waals surface area contributed by atoms with Gasteiger partial charge in [-0.3, -0.25) is 4.79 Å². The van der Waals surface area contributed by atoms with Crippen molar-refractivity contribution < 1.29 is 17.6 Å². The number of fused-ring (bicyclic) bond motifs is 1. The van der Waals surface area contributed by atoms with Crippen LogP contribution in [-0.4, -0.2) is 14.3 Å². The van der Waals surface area contributed by atoms with Crippen molar-refractivity contribution in [3.05, 3.63) is 96.4 Å². The first-order chi connectivity index (χ1) is 14.0. The van der Waals surface area contributed by atoms with Gasteiger partial charge in [-0.25, -0.2) is 13.1 Å². The van der Waals surface area contributed by atoms with Crippen LogP contribution in [0.25, 0.3) is 10.8 Å². The number of benzene rings is 3. The molecule has 0 radical (unpaired) electrons. The summed E-state index contributed by atoms with van der Waals surface area (Å²) in [7, 11) is -3.79. The third kappa shape index (κ3) is 4.21. The third-order valence-corrected chi connectivity index (χ3v) is 5.86. The lowest BCUT2D eigenvalue weighted by Gasteiger charge is -2.10. The zero-order chi connectivity index (χ0) is 20.3. The predicted octanol–water partition coefficient (Wildman–Crippen LogP) is 4.16. The SMILES string of the molecule is O=C(Nc1cccc2ccccc12)c1cccc(S(=O)(=O)NCc2ccco2)c1. The molecule has 0 fully saturated rings. The summed E-state index contributed by atoms with van der Waals surface area (Å²) in [4.78, 5) is 12.7. The summed E-state index contributed by atoms with van der Waals surface area (Å²) in [6.45, 7) is 0.0295. The molecule has 4 aromatic rings. The van der Waals surface area contributed by atoms with Gasteiger partial charge in [0.25, 0.3) is 5.91 Å². The number of hydrogen-bond donors (Lipinski definition) is 2. The van der Waals surface area contributed by atoms with E-state index in [1.807, 2.05) is 42.5 Å². The van der Waals surface area contributed by atoms with Gasteiger partial charge in [0, 0.05) is 16.6 Å². The molecule has 0 aliphatic carbocycles. The smallest absolute Gasteiger partial charge is 0.255 e. The Morgan fingerprint density at radius 1 is 0.897 bits per heavy atom. The van der Waals surface area contributed by atoms with Gasteiger partial charge in [-0.15, -0.1) is 0 Å². The number of nitrogens with one attached hydrogen (secondary N) is 2. The Morgan fingerprint density at radius 3 is 2.52 bits per heavy atom. The standard InChI is InChI=1S/C22H18N2O4S/c25-22(24-21-12-4-7-16-6-1-2-11-20(16)21)17-8-3-10-19(14-17)29(26,27)23-15-18-9-5-13-28-18/h1-14,23H,15H2,(H,24,25). The average molecular weight is 406 g/mol. The topological polar surface area (TPSA) is 88.4 Å². The van der Waals surface area contributed by atoms with Crippen molar-refractivity contribution in [3.8, 4) is 0 Å². The van der Waals surface area contributed by atoms with E-state index in [9.17, 15) is 13.2 Å². The van der Waals surface area contributed by atoms with E-state index in [1.165, 1.54) is 18.4 Å². The zero-order valence-electron chi connectivity index (χ0n) is 15.3. The van der Waals surface area contributed by atoms with Crippen molar-refractivity contribution in [3.63, 3.8) is 0 Å². The van der Waals surface area contributed by atoms with E-state index in [0.29, 0.717) is 11.4 Å². The molecule has 0 bridgehead atoms. The first kappa shape index (κ1) is 18.9. The molecule has 2 N–H and O–H groups in total. The predicted molar refractivity (Wildman–Crippen MR) is 111 cm³/mol.